The molecule has 1 heterocycles. The normalized spacial score (nSPS) is 9.78. The Morgan fingerprint density at radius 1 is 1.33 bits per heavy atom. The minimum absolute atomic E-state index is 0.378. The van der Waals surface area contributed by atoms with Gasteiger partial charge < -0.3 is 5.32 Å². The Kier molecular flexibility index (Phi) is 3.87. The third kappa shape index (κ3) is 3.29. The number of nitrogens with one attached hydrogen (secondary N) is 1. The molecule has 0 atom stereocenters. The molecule has 0 spiro atoms. The van der Waals surface area contributed by atoms with E-state index >= 15 is 0 Å². The monoisotopic (exact) mass is 238 g/mol. The van der Waals surface area contributed by atoms with Crippen LogP contribution in [-0.4, -0.2) is 16.5 Å². The van der Waals surface area contributed by atoms with Crippen molar-refractivity contribution in [2.24, 2.45) is 0 Å². The molecule has 0 bridgehead atoms. The Bertz CT molecular complexity index is 572. The molecule has 0 saturated carbocycles. The Morgan fingerprint density at radius 3 is 3.00 bits per heavy atom. The lowest BCUT2D eigenvalue weighted by atomic mass is 10.1. The van der Waals surface area contributed by atoms with Crippen LogP contribution in [-0.2, 0) is 6.42 Å². The molecule has 2 aromatic rings. The first-order valence-electron chi connectivity index (χ1n) is 5.80. The number of nitrogens with zero attached hydrogens (tertiary/aromatic N) is 3. The molecular weight excluding hydrogens is 224 g/mol. The van der Waals surface area contributed by atoms with Gasteiger partial charge in [0, 0.05) is 12.7 Å². The van der Waals surface area contributed by atoms with Crippen LogP contribution < -0.4 is 5.32 Å². The average Bonchev–Trinajstić information content (AvgIpc) is 2.39. The fraction of sp³-hybridized carbons (Fsp3) is 0.214. The van der Waals surface area contributed by atoms with Gasteiger partial charge in [-0.25, -0.2) is 9.97 Å². The average molecular weight is 238 g/mol. The predicted molar refractivity (Wildman–Crippen MR) is 70.1 cm³/mol. The lowest BCUT2D eigenvalue weighted by Crippen LogP contribution is -2.08. The molecule has 4 nitrogen and oxygen atoms in total. The molecule has 1 aromatic heterocycles. The van der Waals surface area contributed by atoms with Gasteiger partial charge in [-0.3, -0.25) is 0 Å². The number of hydrogen-bond acceptors (Lipinski definition) is 4. The topological polar surface area (TPSA) is 61.6 Å². The molecule has 90 valence electrons. The Morgan fingerprint density at radius 2 is 2.22 bits per heavy atom. The maximum atomic E-state index is 8.73. The van der Waals surface area contributed by atoms with E-state index in [1.807, 2.05) is 6.07 Å². The zero-order chi connectivity index (χ0) is 12.8. The molecule has 0 aliphatic carbocycles. The lowest BCUT2D eigenvalue weighted by Gasteiger charge is -2.05. The van der Waals surface area contributed by atoms with Crippen molar-refractivity contribution in [1.29, 1.82) is 5.26 Å². The Hall–Kier alpha value is -2.41. The highest BCUT2D eigenvalue weighted by Gasteiger charge is 1.98. The summed E-state index contributed by atoms with van der Waals surface area (Å²) < 4.78 is 0. The number of aromatic nitrogens is 2. The van der Waals surface area contributed by atoms with E-state index < -0.39 is 0 Å². The SMILES string of the molecule is Cc1cccc(CCNc2nccc(C#N)n2)c1. The molecule has 0 saturated heterocycles. The Labute approximate surface area is 106 Å². The number of anilines is 1. The molecule has 0 radical (unpaired) electrons. The van der Waals surface area contributed by atoms with Crippen LogP contribution >= 0.6 is 0 Å². The van der Waals surface area contributed by atoms with Crippen LogP contribution in [0.5, 0.6) is 0 Å². The highest BCUT2D eigenvalue weighted by atomic mass is 15.1. The van der Waals surface area contributed by atoms with Gasteiger partial charge in [0.2, 0.25) is 5.95 Å². The van der Waals surface area contributed by atoms with Crippen LogP contribution in [0.2, 0.25) is 0 Å². The van der Waals surface area contributed by atoms with Crippen molar-refractivity contribution >= 4 is 5.95 Å². The van der Waals surface area contributed by atoms with Crippen LogP contribution in [0.15, 0.2) is 36.5 Å². The smallest absolute Gasteiger partial charge is 0.223 e. The summed E-state index contributed by atoms with van der Waals surface area (Å²) in [5, 5.41) is 11.8. The zero-order valence-corrected chi connectivity index (χ0v) is 10.2. The standard InChI is InChI=1S/C14H14N4/c1-11-3-2-4-12(9-11)5-7-16-14-17-8-6-13(10-15)18-14/h2-4,6,8-9H,5,7H2,1H3,(H,16,17,18). The quantitative estimate of drug-likeness (QED) is 0.887. The summed E-state index contributed by atoms with van der Waals surface area (Å²) >= 11 is 0. The third-order valence-electron chi connectivity index (χ3n) is 2.55. The zero-order valence-electron chi connectivity index (χ0n) is 10.2. The van der Waals surface area contributed by atoms with E-state index in [1.165, 1.54) is 11.1 Å². The molecule has 1 N–H and O–H groups in total. The van der Waals surface area contributed by atoms with Crippen LogP contribution in [0.1, 0.15) is 16.8 Å². The number of hydrogen-bond donors (Lipinski definition) is 1. The molecule has 0 aliphatic rings. The van der Waals surface area contributed by atoms with Crippen LogP contribution in [0, 0.1) is 18.3 Å². The van der Waals surface area contributed by atoms with Gasteiger partial charge in [0.05, 0.1) is 0 Å². The van der Waals surface area contributed by atoms with Crippen LogP contribution in [0.25, 0.3) is 0 Å². The van der Waals surface area contributed by atoms with Gasteiger partial charge in [-0.2, -0.15) is 5.26 Å². The summed E-state index contributed by atoms with van der Waals surface area (Å²) in [6, 6.07) is 12.0. The van der Waals surface area contributed by atoms with Gasteiger partial charge in [-0.15, -0.1) is 0 Å². The van der Waals surface area contributed by atoms with Crippen LogP contribution in [0.3, 0.4) is 0 Å². The third-order valence-corrected chi connectivity index (χ3v) is 2.55. The summed E-state index contributed by atoms with van der Waals surface area (Å²) in [5.74, 6) is 0.502. The highest BCUT2D eigenvalue weighted by molar-refractivity contribution is 5.30. The summed E-state index contributed by atoms with van der Waals surface area (Å²) in [4.78, 5) is 8.12. The molecule has 18 heavy (non-hydrogen) atoms. The maximum absolute atomic E-state index is 8.73. The molecule has 2 rings (SSSR count). The first-order chi connectivity index (χ1) is 8.78. The summed E-state index contributed by atoms with van der Waals surface area (Å²) in [5.41, 5.74) is 2.91. The van der Waals surface area contributed by atoms with E-state index in [2.05, 4.69) is 46.5 Å². The highest BCUT2D eigenvalue weighted by Crippen LogP contribution is 2.05. The first kappa shape index (κ1) is 12.1. The summed E-state index contributed by atoms with van der Waals surface area (Å²) in [6.07, 6.45) is 2.49. The molecule has 0 amide bonds. The van der Waals surface area contributed by atoms with Crippen molar-refractivity contribution < 1.29 is 0 Å². The summed E-state index contributed by atoms with van der Waals surface area (Å²) in [7, 11) is 0. The van der Waals surface area contributed by atoms with E-state index in [0.717, 1.165) is 13.0 Å². The number of aryl methyl sites for hydroxylation is 1. The fourth-order valence-electron chi connectivity index (χ4n) is 1.69. The van der Waals surface area contributed by atoms with Crippen molar-refractivity contribution in [1.82, 2.24) is 9.97 Å². The predicted octanol–water partition coefficient (Wildman–Crippen LogP) is 2.31. The summed E-state index contributed by atoms with van der Waals surface area (Å²) in [6.45, 7) is 2.83. The van der Waals surface area contributed by atoms with Crippen molar-refractivity contribution in [2.45, 2.75) is 13.3 Å². The van der Waals surface area contributed by atoms with Gasteiger partial charge in [0.15, 0.2) is 0 Å². The van der Waals surface area contributed by atoms with Crippen molar-refractivity contribution in [2.75, 3.05) is 11.9 Å². The second-order valence-corrected chi connectivity index (χ2v) is 4.04. The fourth-order valence-corrected chi connectivity index (χ4v) is 1.69. The number of rotatable bonds is 4. The number of nitriles is 1. The second-order valence-electron chi connectivity index (χ2n) is 4.04. The Balaban J connectivity index is 1.90. The van der Waals surface area contributed by atoms with E-state index in [-0.39, 0.29) is 0 Å². The van der Waals surface area contributed by atoms with Gasteiger partial charge in [-0.1, -0.05) is 29.8 Å². The second kappa shape index (κ2) is 5.78. The molecule has 0 fully saturated rings. The largest absolute Gasteiger partial charge is 0.354 e. The first-order valence-corrected chi connectivity index (χ1v) is 5.80. The molecule has 1 aromatic carbocycles. The molecule has 0 unspecified atom stereocenters. The van der Waals surface area contributed by atoms with Crippen molar-refractivity contribution in [3.8, 4) is 6.07 Å². The van der Waals surface area contributed by atoms with Gasteiger partial charge >= 0.3 is 0 Å². The van der Waals surface area contributed by atoms with E-state index in [1.54, 1.807) is 12.3 Å². The van der Waals surface area contributed by atoms with Crippen LogP contribution in [0.4, 0.5) is 5.95 Å². The minimum Gasteiger partial charge on any atom is -0.354 e. The van der Waals surface area contributed by atoms with E-state index in [9.17, 15) is 0 Å². The van der Waals surface area contributed by atoms with Gasteiger partial charge in [0.1, 0.15) is 11.8 Å². The van der Waals surface area contributed by atoms with E-state index in [4.69, 9.17) is 5.26 Å². The molecule has 4 heteroatoms. The van der Waals surface area contributed by atoms with E-state index in [0.29, 0.717) is 11.6 Å². The lowest BCUT2D eigenvalue weighted by molar-refractivity contribution is 0.978. The van der Waals surface area contributed by atoms with Gasteiger partial charge in [-0.05, 0) is 25.0 Å². The minimum atomic E-state index is 0.378. The maximum Gasteiger partial charge on any atom is 0.223 e. The van der Waals surface area contributed by atoms with Crippen molar-refractivity contribution in [3.63, 3.8) is 0 Å². The molecule has 0 aliphatic heterocycles. The molecular formula is C14H14N4. The number of benzene rings is 1. The van der Waals surface area contributed by atoms with Crippen molar-refractivity contribution in [3.05, 3.63) is 53.3 Å². The van der Waals surface area contributed by atoms with Gasteiger partial charge in [0.25, 0.3) is 0 Å².